The fourth-order valence-electron chi connectivity index (χ4n) is 2.69. The van der Waals surface area contributed by atoms with Crippen molar-refractivity contribution in [2.45, 2.75) is 0 Å². The number of ketones is 1. The smallest absolute Gasteiger partial charge is 0.229 e. The van der Waals surface area contributed by atoms with E-state index in [1.165, 1.54) is 11.1 Å². The van der Waals surface area contributed by atoms with Crippen LogP contribution in [0.2, 0.25) is 0 Å². The van der Waals surface area contributed by atoms with Gasteiger partial charge in [-0.2, -0.15) is 5.10 Å². The SMILES string of the molecule is NC(=S)N/N=C/c1ccc(-c2ccccc2)cc1.O=C(c1ccccn1)c1ccccn1. The molecule has 0 amide bonds. The van der Waals surface area contributed by atoms with Crippen molar-refractivity contribution in [3.8, 4) is 11.1 Å². The van der Waals surface area contributed by atoms with Gasteiger partial charge < -0.3 is 5.73 Å². The van der Waals surface area contributed by atoms with Crippen LogP contribution < -0.4 is 11.2 Å². The van der Waals surface area contributed by atoms with Crippen LogP contribution >= 0.6 is 12.2 Å². The number of rotatable bonds is 5. The molecule has 0 radical (unpaired) electrons. The van der Waals surface area contributed by atoms with Gasteiger partial charge in [0.2, 0.25) is 5.78 Å². The maximum absolute atomic E-state index is 11.7. The number of benzene rings is 2. The van der Waals surface area contributed by atoms with Gasteiger partial charge in [0.1, 0.15) is 11.4 Å². The summed E-state index contributed by atoms with van der Waals surface area (Å²) in [6.07, 6.45) is 4.86. The minimum atomic E-state index is -0.147. The van der Waals surface area contributed by atoms with Crippen LogP contribution in [0.5, 0.6) is 0 Å². The van der Waals surface area contributed by atoms with E-state index in [2.05, 4.69) is 57.0 Å². The predicted octanol–water partition coefficient (Wildman–Crippen LogP) is 4.23. The Balaban J connectivity index is 0.000000186. The molecular weight excluding hydrogens is 418 g/mol. The number of thiocarbonyl (C=S) groups is 1. The summed E-state index contributed by atoms with van der Waals surface area (Å²) in [6, 6.07) is 28.8. The van der Waals surface area contributed by atoms with Gasteiger partial charge in [0, 0.05) is 12.4 Å². The van der Waals surface area contributed by atoms with Crippen molar-refractivity contribution in [1.82, 2.24) is 15.4 Å². The number of hydrogen-bond acceptors (Lipinski definition) is 5. The molecule has 4 rings (SSSR count). The number of nitrogens with zero attached hydrogens (tertiary/aromatic N) is 3. The van der Waals surface area contributed by atoms with Crippen molar-refractivity contribution in [2.24, 2.45) is 10.8 Å². The van der Waals surface area contributed by atoms with Gasteiger partial charge in [-0.25, -0.2) is 0 Å². The largest absolute Gasteiger partial charge is 0.375 e. The van der Waals surface area contributed by atoms with E-state index in [0.717, 1.165) is 5.56 Å². The average Bonchev–Trinajstić information content (AvgIpc) is 2.86. The van der Waals surface area contributed by atoms with E-state index in [1.807, 2.05) is 30.3 Å². The Labute approximate surface area is 191 Å². The van der Waals surface area contributed by atoms with Gasteiger partial charge in [-0.15, -0.1) is 0 Å². The van der Waals surface area contributed by atoms with Crippen molar-refractivity contribution in [1.29, 1.82) is 0 Å². The molecule has 6 nitrogen and oxygen atoms in total. The summed E-state index contributed by atoms with van der Waals surface area (Å²) < 4.78 is 0. The fraction of sp³-hybridized carbons (Fsp3) is 0. The molecule has 2 heterocycles. The number of hydrazone groups is 1. The molecule has 3 N–H and O–H groups in total. The Bertz CT molecular complexity index is 1120. The highest BCUT2D eigenvalue weighted by molar-refractivity contribution is 7.80. The first-order chi connectivity index (χ1) is 15.6. The van der Waals surface area contributed by atoms with Crippen LogP contribution in [-0.4, -0.2) is 27.1 Å². The topological polar surface area (TPSA) is 93.3 Å². The Kier molecular flexibility index (Phi) is 8.30. The second kappa shape index (κ2) is 11.8. The molecule has 0 spiro atoms. The molecule has 0 saturated carbocycles. The van der Waals surface area contributed by atoms with Gasteiger partial charge in [-0.1, -0.05) is 66.7 Å². The van der Waals surface area contributed by atoms with Crippen molar-refractivity contribution >= 4 is 29.3 Å². The van der Waals surface area contributed by atoms with Crippen molar-refractivity contribution in [3.05, 3.63) is 120 Å². The number of hydrogen-bond donors (Lipinski definition) is 2. The minimum absolute atomic E-state index is 0.147. The maximum atomic E-state index is 11.7. The number of nitrogens with two attached hydrogens (primary N) is 1. The fourth-order valence-corrected chi connectivity index (χ4v) is 2.74. The quantitative estimate of drug-likeness (QED) is 0.209. The van der Waals surface area contributed by atoms with E-state index in [1.54, 1.807) is 55.0 Å². The first-order valence-electron chi connectivity index (χ1n) is 9.74. The highest BCUT2D eigenvalue weighted by Crippen LogP contribution is 2.18. The second-order valence-corrected chi connectivity index (χ2v) is 6.92. The number of nitrogens with one attached hydrogen (secondary N) is 1. The lowest BCUT2D eigenvalue weighted by Gasteiger charge is -2.01. The Morgan fingerprint density at radius 1 is 0.781 bits per heavy atom. The molecule has 4 aromatic rings. The van der Waals surface area contributed by atoms with Gasteiger partial charge in [-0.05, 0) is 53.2 Å². The summed E-state index contributed by atoms with van der Waals surface area (Å²) in [7, 11) is 0. The van der Waals surface area contributed by atoms with Crippen LogP contribution in [0.25, 0.3) is 11.1 Å². The van der Waals surface area contributed by atoms with E-state index in [9.17, 15) is 4.79 Å². The lowest BCUT2D eigenvalue weighted by molar-refractivity contribution is 0.103. The molecule has 0 aliphatic heterocycles. The van der Waals surface area contributed by atoms with E-state index in [0.29, 0.717) is 11.4 Å². The third kappa shape index (κ3) is 6.93. The maximum Gasteiger partial charge on any atom is 0.229 e. The number of pyridine rings is 2. The van der Waals surface area contributed by atoms with Crippen LogP contribution in [0, 0.1) is 0 Å². The first-order valence-corrected chi connectivity index (χ1v) is 10.1. The summed E-state index contributed by atoms with van der Waals surface area (Å²) >= 11 is 4.65. The second-order valence-electron chi connectivity index (χ2n) is 6.48. The molecule has 2 aromatic heterocycles. The summed E-state index contributed by atoms with van der Waals surface area (Å²) in [5.41, 5.74) is 12.0. The van der Waals surface area contributed by atoms with Gasteiger partial charge in [0.15, 0.2) is 5.11 Å². The summed E-state index contributed by atoms with van der Waals surface area (Å²) in [4.78, 5) is 19.7. The summed E-state index contributed by atoms with van der Waals surface area (Å²) in [5.74, 6) is -0.147. The molecule has 0 aliphatic carbocycles. The zero-order valence-corrected chi connectivity index (χ0v) is 17.9. The standard InChI is InChI=1S/C14H13N3S.C11H8N2O/c15-14(18)17-16-10-11-6-8-13(9-7-11)12-4-2-1-3-5-12;14-11(9-5-1-3-7-12-9)10-6-2-4-8-13-10/h1-10H,(H3,15,17,18);1-8H/b16-10+;. The normalized spacial score (nSPS) is 10.1. The minimum Gasteiger partial charge on any atom is -0.375 e. The van der Waals surface area contributed by atoms with E-state index < -0.39 is 0 Å². The zero-order chi connectivity index (χ0) is 22.6. The third-order valence-electron chi connectivity index (χ3n) is 4.20. The van der Waals surface area contributed by atoms with Crippen molar-refractivity contribution < 1.29 is 4.79 Å². The highest BCUT2D eigenvalue weighted by Gasteiger charge is 2.09. The van der Waals surface area contributed by atoms with Gasteiger partial charge in [-0.3, -0.25) is 20.2 Å². The average molecular weight is 440 g/mol. The molecule has 2 aromatic carbocycles. The van der Waals surface area contributed by atoms with Crippen LogP contribution in [0.4, 0.5) is 0 Å². The molecule has 0 atom stereocenters. The molecule has 0 bridgehead atoms. The third-order valence-corrected chi connectivity index (χ3v) is 4.29. The molecule has 0 fully saturated rings. The van der Waals surface area contributed by atoms with E-state index >= 15 is 0 Å². The van der Waals surface area contributed by atoms with Gasteiger partial charge in [0.05, 0.1) is 6.21 Å². The van der Waals surface area contributed by atoms with Crippen molar-refractivity contribution in [3.63, 3.8) is 0 Å². The van der Waals surface area contributed by atoms with Crippen LogP contribution in [0.1, 0.15) is 21.7 Å². The van der Waals surface area contributed by atoms with Gasteiger partial charge >= 0.3 is 0 Å². The van der Waals surface area contributed by atoms with E-state index in [4.69, 9.17) is 5.73 Å². The molecular formula is C25H21N5OS. The number of carbonyl (C=O) groups excluding carboxylic acids is 1. The van der Waals surface area contributed by atoms with E-state index in [-0.39, 0.29) is 10.9 Å². The zero-order valence-electron chi connectivity index (χ0n) is 17.1. The Morgan fingerprint density at radius 2 is 1.31 bits per heavy atom. The number of carbonyl (C=O) groups is 1. The first kappa shape index (κ1) is 22.5. The van der Waals surface area contributed by atoms with Crippen LogP contribution in [0.3, 0.4) is 0 Å². The summed E-state index contributed by atoms with van der Waals surface area (Å²) in [6.45, 7) is 0. The molecule has 7 heteroatoms. The molecule has 0 saturated heterocycles. The van der Waals surface area contributed by atoms with Crippen LogP contribution in [-0.2, 0) is 0 Å². The molecule has 32 heavy (non-hydrogen) atoms. The highest BCUT2D eigenvalue weighted by atomic mass is 32.1. The van der Waals surface area contributed by atoms with Crippen LogP contribution in [0.15, 0.2) is 108 Å². The Morgan fingerprint density at radius 3 is 1.81 bits per heavy atom. The van der Waals surface area contributed by atoms with Gasteiger partial charge in [0.25, 0.3) is 0 Å². The summed E-state index contributed by atoms with van der Waals surface area (Å²) in [5, 5.41) is 4.06. The molecule has 0 aliphatic rings. The predicted molar refractivity (Wildman–Crippen MR) is 131 cm³/mol. The number of aromatic nitrogens is 2. The lowest BCUT2D eigenvalue weighted by atomic mass is 10.0. The monoisotopic (exact) mass is 439 g/mol. The van der Waals surface area contributed by atoms with Crippen molar-refractivity contribution in [2.75, 3.05) is 0 Å². The Hall–Kier alpha value is -4.23. The lowest BCUT2D eigenvalue weighted by Crippen LogP contribution is -2.23. The molecule has 158 valence electrons. The molecule has 0 unspecified atom stereocenters.